The number of hydrogen-bond acceptors (Lipinski definition) is 1. The molecule has 3 rings (SSSR count). The molecule has 2 heteroatoms. The van der Waals surface area contributed by atoms with E-state index in [1.807, 2.05) is 0 Å². The molecule has 1 unspecified atom stereocenters. The van der Waals surface area contributed by atoms with Crippen LogP contribution in [0.15, 0.2) is 22.7 Å². The highest BCUT2D eigenvalue weighted by Crippen LogP contribution is 2.38. The van der Waals surface area contributed by atoms with Crippen LogP contribution in [0.2, 0.25) is 0 Å². The SMILES string of the molecule is Brc1ccc2c(c1)CC(C1CCC1)N2. The lowest BCUT2D eigenvalue weighted by atomic mass is 9.79. The van der Waals surface area contributed by atoms with Crippen LogP contribution in [0.25, 0.3) is 0 Å². The van der Waals surface area contributed by atoms with Crippen molar-refractivity contribution in [1.29, 1.82) is 0 Å². The molecule has 1 atom stereocenters. The van der Waals surface area contributed by atoms with Crippen LogP contribution in [0.1, 0.15) is 24.8 Å². The first-order valence-corrected chi connectivity index (χ1v) is 6.17. The number of fused-ring (bicyclic) bond motifs is 1. The molecule has 1 aromatic rings. The van der Waals surface area contributed by atoms with Gasteiger partial charge in [0.25, 0.3) is 0 Å². The molecule has 1 aliphatic heterocycles. The van der Waals surface area contributed by atoms with Crippen molar-refractivity contribution in [3.63, 3.8) is 0 Å². The van der Waals surface area contributed by atoms with Crippen molar-refractivity contribution < 1.29 is 0 Å². The van der Waals surface area contributed by atoms with Gasteiger partial charge in [0.15, 0.2) is 0 Å². The van der Waals surface area contributed by atoms with Gasteiger partial charge in [0.2, 0.25) is 0 Å². The van der Waals surface area contributed by atoms with Gasteiger partial charge in [-0.3, -0.25) is 0 Å². The molecule has 1 aliphatic carbocycles. The Labute approximate surface area is 93.0 Å². The minimum Gasteiger partial charge on any atom is -0.381 e. The number of nitrogens with one attached hydrogen (secondary N) is 1. The maximum atomic E-state index is 3.64. The van der Waals surface area contributed by atoms with E-state index in [4.69, 9.17) is 0 Å². The smallest absolute Gasteiger partial charge is 0.0376 e. The fourth-order valence-electron chi connectivity index (χ4n) is 2.49. The molecule has 14 heavy (non-hydrogen) atoms. The van der Waals surface area contributed by atoms with Gasteiger partial charge in [0, 0.05) is 16.2 Å². The molecule has 1 nitrogen and oxygen atoms in total. The number of anilines is 1. The predicted molar refractivity (Wildman–Crippen MR) is 62.6 cm³/mol. The molecule has 2 aliphatic rings. The largest absolute Gasteiger partial charge is 0.381 e. The van der Waals surface area contributed by atoms with Gasteiger partial charge in [-0.15, -0.1) is 0 Å². The molecular weight excluding hydrogens is 238 g/mol. The summed E-state index contributed by atoms with van der Waals surface area (Å²) in [7, 11) is 0. The summed E-state index contributed by atoms with van der Waals surface area (Å²) in [6.07, 6.45) is 5.50. The van der Waals surface area contributed by atoms with E-state index >= 15 is 0 Å². The van der Waals surface area contributed by atoms with Gasteiger partial charge >= 0.3 is 0 Å². The first kappa shape index (κ1) is 8.78. The summed E-state index contributed by atoms with van der Waals surface area (Å²) in [5, 5.41) is 3.64. The van der Waals surface area contributed by atoms with E-state index in [-0.39, 0.29) is 0 Å². The highest BCUT2D eigenvalue weighted by molar-refractivity contribution is 9.10. The van der Waals surface area contributed by atoms with Crippen molar-refractivity contribution in [3.05, 3.63) is 28.2 Å². The number of halogens is 1. The number of rotatable bonds is 1. The molecule has 1 N–H and O–H groups in total. The third-order valence-corrected chi connectivity index (χ3v) is 4.06. The highest BCUT2D eigenvalue weighted by atomic mass is 79.9. The van der Waals surface area contributed by atoms with Gasteiger partial charge in [0.05, 0.1) is 0 Å². The van der Waals surface area contributed by atoms with Crippen molar-refractivity contribution in [3.8, 4) is 0 Å². The van der Waals surface area contributed by atoms with Crippen LogP contribution in [-0.2, 0) is 6.42 Å². The molecule has 0 saturated heterocycles. The van der Waals surface area contributed by atoms with E-state index in [0.717, 1.165) is 5.92 Å². The normalized spacial score (nSPS) is 25.4. The van der Waals surface area contributed by atoms with E-state index in [1.165, 1.54) is 41.4 Å². The van der Waals surface area contributed by atoms with Gasteiger partial charge in [-0.2, -0.15) is 0 Å². The van der Waals surface area contributed by atoms with Crippen LogP contribution >= 0.6 is 15.9 Å². The third kappa shape index (κ3) is 1.36. The predicted octanol–water partition coefficient (Wildman–Crippen LogP) is 3.59. The van der Waals surface area contributed by atoms with E-state index in [0.29, 0.717) is 6.04 Å². The Kier molecular flexibility index (Phi) is 2.05. The fraction of sp³-hybridized carbons (Fsp3) is 0.500. The van der Waals surface area contributed by atoms with Gasteiger partial charge in [0.1, 0.15) is 0 Å². The van der Waals surface area contributed by atoms with Crippen LogP contribution < -0.4 is 5.32 Å². The maximum Gasteiger partial charge on any atom is 0.0376 e. The standard InChI is InChI=1S/C12H14BrN/c13-10-4-5-11-9(6-10)7-12(14-11)8-2-1-3-8/h4-6,8,12,14H,1-3,7H2. The summed E-state index contributed by atoms with van der Waals surface area (Å²) >= 11 is 3.53. The average molecular weight is 252 g/mol. The lowest BCUT2D eigenvalue weighted by molar-refractivity contribution is 0.278. The summed E-state index contributed by atoms with van der Waals surface area (Å²) < 4.78 is 1.20. The first-order chi connectivity index (χ1) is 6.83. The van der Waals surface area contributed by atoms with Crippen LogP contribution in [0.4, 0.5) is 5.69 Å². The molecule has 0 amide bonds. The van der Waals surface area contributed by atoms with Crippen molar-refractivity contribution in [2.75, 3.05) is 5.32 Å². The third-order valence-electron chi connectivity index (χ3n) is 3.57. The Morgan fingerprint density at radius 3 is 2.86 bits per heavy atom. The summed E-state index contributed by atoms with van der Waals surface area (Å²) in [5.74, 6) is 0.932. The van der Waals surface area contributed by atoms with Crippen molar-refractivity contribution in [1.82, 2.24) is 0 Å². The first-order valence-electron chi connectivity index (χ1n) is 5.38. The molecule has 0 spiro atoms. The van der Waals surface area contributed by atoms with Crippen LogP contribution in [0, 0.1) is 5.92 Å². The van der Waals surface area contributed by atoms with Crippen molar-refractivity contribution >= 4 is 21.6 Å². The molecule has 0 bridgehead atoms. The lowest BCUT2D eigenvalue weighted by Crippen LogP contribution is -2.31. The molecular formula is C12H14BrN. The summed E-state index contributed by atoms with van der Waals surface area (Å²) in [5.41, 5.74) is 2.83. The quantitative estimate of drug-likeness (QED) is 0.805. The summed E-state index contributed by atoms with van der Waals surface area (Å²) in [4.78, 5) is 0. The van der Waals surface area contributed by atoms with Crippen LogP contribution in [0.3, 0.4) is 0 Å². The monoisotopic (exact) mass is 251 g/mol. The molecule has 74 valence electrons. The van der Waals surface area contributed by atoms with Gasteiger partial charge < -0.3 is 5.32 Å². The Balaban J connectivity index is 1.82. The summed E-state index contributed by atoms with van der Waals surface area (Å²) in [6, 6.07) is 7.28. The fourth-order valence-corrected chi connectivity index (χ4v) is 2.89. The minimum atomic E-state index is 0.716. The summed E-state index contributed by atoms with van der Waals surface area (Å²) in [6.45, 7) is 0. The second kappa shape index (κ2) is 3.27. The van der Waals surface area contributed by atoms with Crippen LogP contribution in [-0.4, -0.2) is 6.04 Å². The van der Waals surface area contributed by atoms with Gasteiger partial charge in [-0.25, -0.2) is 0 Å². The second-order valence-corrected chi connectivity index (χ2v) is 5.36. The van der Waals surface area contributed by atoms with Gasteiger partial charge in [-0.1, -0.05) is 22.4 Å². The van der Waals surface area contributed by atoms with E-state index in [9.17, 15) is 0 Å². The molecule has 1 aromatic carbocycles. The second-order valence-electron chi connectivity index (χ2n) is 4.45. The molecule has 1 fully saturated rings. The molecule has 1 saturated carbocycles. The van der Waals surface area contributed by atoms with E-state index < -0.39 is 0 Å². The topological polar surface area (TPSA) is 12.0 Å². The number of hydrogen-bond donors (Lipinski definition) is 1. The Morgan fingerprint density at radius 1 is 1.29 bits per heavy atom. The lowest BCUT2D eigenvalue weighted by Gasteiger charge is -2.31. The van der Waals surface area contributed by atoms with E-state index in [2.05, 4.69) is 39.4 Å². The zero-order valence-electron chi connectivity index (χ0n) is 8.09. The maximum absolute atomic E-state index is 3.64. The van der Waals surface area contributed by atoms with Crippen LogP contribution in [0.5, 0.6) is 0 Å². The van der Waals surface area contributed by atoms with Crippen molar-refractivity contribution in [2.24, 2.45) is 5.92 Å². The van der Waals surface area contributed by atoms with Gasteiger partial charge in [-0.05, 0) is 48.9 Å². The van der Waals surface area contributed by atoms with Crippen molar-refractivity contribution in [2.45, 2.75) is 31.7 Å². The highest BCUT2D eigenvalue weighted by Gasteiger charge is 2.31. The molecule has 1 heterocycles. The Bertz CT molecular complexity index is 357. The zero-order valence-corrected chi connectivity index (χ0v) is 9.68. The van der Waals surface area contributed by atoms with E-state index in [1.54, 1.807) is 0 Å². The Hall–Kier alpha value is -0.500. The number of benzene rings is 1. The molecule has 0 radical (unpaired) electrons. The average Bonchev–Trinajstić information content (AvgIpc) is 2.43. The zero-order chi connectivity index (χ0) is 9.54. The minimum absolute atomic E-state index is 0.716. The molecule has 0 aromatic heterocycles. The Morgan fingerprint density at radius 2 is 2.14 bits per heavy atom.